The average molecular weight is 479 g/mol. The predicted octanol–water partition coefficient (Wildman–Crippen LogP) is 3.70. The van der Waals surface area contributed by atoms with Crippen LogP contribution in [0.2, 0.25) is 0 Å². The number of likely N-dealkylation sites (tertiary alicyclic amines) is 1. The van der Waals surface area contributed by atoms with Gasteiger partial charge in [0.05, 0.1) is 28.4 Å². The monoisotopic (exact) mass is 478 g/mol. The van der Waals surface area contributed by atoms with E-state index in [0.29, 0.717) is 54.7 Å². The number of hydrogen-bond donors (Lipinski definition) is 1. The number of aromatic nitrogens is 4. The predicted molar refractivity (Wildman–Crippen MR) is 131 cm³/mol. The number of aryl methyl sites for hydroxylation is 1. The highest BCUT2D eigenvalue weighted by Gasteiger charge is 2.32. The van der Waals surface area contributed by atoms with Gasteiger partial charge in [0, 0.05) is 44.5 Å². The summed E-state index contributed by atoms with van der Waals surface area (Å²) >= 11 is 0. The van der Waals surface area contributed by atoms with E-state index in [1.54, 1.807) is 24.1 Å². The number of amides is 2. The summed E-state index contributed by atoms with van der Waals surface area (Å²) in [5, 5.41) is 12.1. The zero-order valence-electron chi connectivity index (χ0n) is 21.0. The van der Waals surface area contributed by atoms with E-state index >= 15 is 0 Å². The Labute approximate surface area is 205 Å². The van der Waals surface area contributed by atoms with Crippen molar-refractivity contribution in [2.75, 3.05) is 19.6 Å². The number of nitrogens with zero attached hydrogens (tertiary/aromatic N) is 5. The fourth-order valence-corrected chi connectivity index (χ4v) is 4.80. The maximum atomic E-state index is 13.7. The van der Waals surface area contributed by atoms with Gasteiger partial charge >= 0.3 is 0 Å². The molecule has 0 bridgehead atoms. The molecule has 3 aromatic rings. The molecule has 1 aliphatic heterocycles. The minimum atomic E-state index is -0.109. The summed E-state index contributed by atoms with van der Waals surface area (Å²) in [6.45, 7) is 8.38. The third-order valence-electron chi connectivity index (χ3n) is 6.88. The quantitative estimate of drug-likeness (QED) is 0.579. The van der Waals surface area contributed by atoms with Gasteiger partial charge in [0.1, 0.15) is 0 Å². The van der Waals surface area contributed by atoms with Crippen molar-refractivity contribution in [1.82, 2.24) is 30.1 Å². The van der Waals surface area contributed by atoms with E-state index in [-0.39, 0.29) is 17.2 Å². The minimum Gasteiger partial charge on any atom is -0.352 e. The molecule has 9 heteroatoms. The van der Waals surface area contributed by atoms with Gasteiger partial charge in [-0.15, -0.1) is 0 Å². The summed E-state index contributed by atoms with van der Waals surface area (Å²) in [7, 11) is 1.79. The number of pyridine rings is 1. The molecule has 2 amide bonds. The summed E-state index contributed by atoms with van der Waals surface area (Å²) in [5.74, 6) is 0.667. The fourth-order valence-electron chi connectivity index (χ4n) is 4.80. The molecule has 2 fully saturated rings. The highest BCUT2D eigenvalue weighted by Crippen LogP contribution is 2.41. The standard InChI is InChI=1S/C26H34N6O3/c1-26(2,3)12-21-22-19(11-20(17-5-6-17)29-24(22)35-30-21)25(34)32-9-7-16(8-10-32)13-27-23(33)18-14-28-31(4)15-18/h11,14-17H,5-10,12-13H2,1-4H3,(H,27,33). The zero-order valence-corrected chi connectivity index (χ0v) is 21.0. The lowest BCUT2D eigenvalue weighted by atomic mass is 9.89. The fraction of sp³-hybridized carbons (Fsp3) is 0.577. The Bertz CT molecular complexity index is 1240. The zero-order chi connectivity index (χ0) is 24.7. The third-order valence-corrected chi connectivity index (χ3v) is 6.88. The van der Waals surface area contributed by atoms with Crippen LogP contribution in [0.4, 0.5) is 0 Å². The topological polar surface area (TPSA) is 106 Å². The normalized spacial score (nSPS) is 17.2. The van der Waals surface area contributed by atoms with Crippen molar-refractivity contribution >= 4 is 22.9 Å². The van der Waals surface area contributed by atoms with E-state index in [0.717, 1.165) is 42.5 Å². The number of carbonyl (C=O) groups excluding carboxylic acids is 2. The first-order chi connectivity index (χ1) is 16.7. The van der Waals surface area contributed by atoms with Crippen LogP contribution < -0.4 is 5.32 Å². The molecule has 5 rings (SSSR count). The minimum absolute atomic E-state index is 0.0118. The number of fused-ring (bicyclic) bond motifs is 1. The molecule has 4 heterocycles. The summed E-state index contributed by atoms with van der Waals surface area (Å²) in [6, 6.07) is 1.98. The number of carbonyl (C=O) groups is 2. The molecule has 186 valence electrons. The van der Waals surface area contributed by atoms with Gasteiger partial charge in [-0.05, 0) is 49.5 Å². The number of piperidine rings is 1. The Morgan fingerprint density at radius 2 is 1.91 bits per heavy atom. The van der Waals surface area contributed by atoms with Crippen LogP contribution in [0.3, 0.4) is 0 Å². The first-order valence-electron chi connectivity index (χ1n) is 12.5. The first-order valence-corrected chi connectivity index (χ1v) is 12.5. The maximum Gasteiger partial charge on any atom is 0.259 e. The van der Waals surface area contributed by atoms with E-state index in [2.05, 4.69) is 36.3 Å². The van der Waals surface area contributed by atoms with Gasteiger partial charge in [-0.25, -0.2) is 4.98 Å². The van der Waals surface area contributed by atoms with E-state index < -0.39 is 0 Å². The van der Waals surface area contributed by atoms with Crippen LogP contribution in [0.15, 0.2) is 23.0 Å². The van der Waals surface area contributed by atoms with Crippen LogP contribution in [-0.2, 0) is 13.5 Å². The van der Waals surface area contributed by atoms with Crippen LogP contribution in [0.25, 0.3) is 11.1 Å². The average Bonchev–Trinajstić information content (AvgIpc) is 3.47. The summed E-state index contributed by atoms with van der Waals surface area (Å²) in [6.07, 6.45) is 7.89. The van der Waals surface area contributed by atoms with Crippen molar-refractivity contribution in [3.05, 3.63) is 41.0 Å². The van der Waals surface area contributed by atoms with Gasteiger partial charge in [-0.2, -0.15) is 5.10 Å². The smallest absolute Gasteiger partial charge is 0.259 e. The van der Waals surface area contributed by atoms with Crippen molar-refractivity contribution in [1.29, 1.82) is 0 Å². The Balaban J connectivity index is 1.28. The Morgan fingerprint density at radius 3 is 2.54 bits per heavy atom. The number of rotatable bonds is 6. The van der Waals surface area contributed by atoms with Crippen molar-refractivity contribution in [2.24, 2.45) is 18.4 Å². The lowest BCUT2D eigenvalue weighted by Gasteiger charge is -2.32. The molecule has 0 radical (unpaired) electrons. The van der Waals surface area contributed by atoms with E-state index in [1.165, 1.54) is 0 Å². The van der Waals surface area contributed by atoms with Gasteiger partial charge in [0.25, 0.3) is 17.5 Å². The molecular weight excluding hydrogens is 444 g/mol. The number of nitrogens with one attached hydrogen (secondary N) is 1. The van der Waals surface area contributed by atoms with Crippen LogP contribution in [0.1, 0.15) is 84.5 Å². The van der Waals surface area contributed by atoms with Crippen molar-refractivity contribution in [2.45, 2.75) is 58.8 Å². The van der Waals surface area contributed by atoms with Gasteiger partial charge in [0.2, 0.25) is 0 Å². The summed E-state index contributed by atoms with van der Waals surface area (Å²) in [5.41, 5.74) is 3.46. The van der Waals surface area contributed by atoms with E-state index in [1.807, 2.05) is 11.0 Å². The van der Waals surface area contributed by atoms with Crippen molar-refractivity contribution < 1.29 is 14.1 Å². The molecule has 0 spiro atoms. The van der Waals surface area contributed by atoms with Gasteiger partial charge < -0.3 is 14.7 Å². The third kappa shape index (κ3) is 5.23. The van der Waals surface area contributed by atoms with Gasteiger partial charge in [-0.3, -0.25) is 14.3 Å². The molecule has 9 nitrogen and oxygen atoms in total. The highest BCUT2D eigenvalue weighted by atomic mass is 16.5. The first kappa shape index (κ1) is 23.5. The van der Waals surface area contributed by atoms with Crippen molar-refractivity contribution in [3.8, 4) is 0 Å². The van der Waals surface area contributed by atoms with Gasteiger partial charge in [0.15, 0.2) is 0 Å². The molecule has 0 aromatic carbocycles. The van der Waals surface area contributed by atoms with Gasteiger partial charge in [-0.1, -0.05) is 25.9 Å². The summed E-state index contributed by atoms with van der Waals surface area (Å²) in [4.78, 5) is 32.7. The molecule has 1 saturated heterocycles. The van der Waals surface area contributed by atoms with Crippen LogP contribution in [0.5, 0.6) is 0 Å². The van der Waals surface area contributed by atoms with Crippen LogP contribution in [-0.4, -0.2) is 56.3 Å². The van der Waals surface area contributed by atoms with E-state index in [4.69, 9.17) is 9.51 Å². The lowest BCUT2D eigenvalue weighted by molar-refractivity contribution is 0.0686. The second kappa shape index (κ2) is 9.09. The Morgan fingerprint density at radius 1 is 1.17 bits per heavy atom. The second-order valence-corrected chi connectivity index (χ2v) is 11.3. The molecule has 0 atom stereocenters. The molecule has 1 N–H and O–H groups in total. The number of hydrogen-bond acceptors (Lipinski definition) is 6. The molecule has 2 aliphatic rings. The van der Waals surface area contributed by atoms with Crippen LogP contribution in [0, 0.1) is 11.3 Å². The molecular formula is C26H34N6O3. The molecule has 0 unspecified atom stereocenters. The largest absolute Gasteiger partial charge is 0.352 e. The van der Waals surface area contributed by atoms with E-state index in [9.17, 15) is 9.59 Å². The maximum absolute atomic E-state index is 13.7. The second-order valence-electron chi connectivity index (χ2n) is 11.3. The van der Waals surface area contributed by atoms with Crippen molar-refractivity contribution in [3.63, 3.8) is 0 Å². The highest BCUT2D eigenvalue weighted by molar-refractivity contribution is 6.06. The Kier molecular flexibility index (Phi) is 6.11. The molecule has 1 saturated carbocycles. The van der Waals surface area contributed by atoms with Crippen LogP contribution >= 0.6 is 0 Å². The summed E-state index contributed by atoms with van der Waals surface area (Å²) < 4.78 is 7.24. The Hall–Kier alpha value is -3.23. The molecule has 1 aliphatic carbocycles. The SMILES string of the molecule is Cn1cc(C(=O)NCC2CCN(C(=O)c3cc(C4CC4)nc4onc(CC(C)(C)C)c34)CC2)cn1. The molecule has 3 aromatic heterocycles. The lowest BCUT2D eigenvalue weighted by Crippen LogP contribution is -2.41. The molecule has 35 heavy (non-hydrogen) atoms.